The second kappa shape index (κ2) is 18.6. The molecule has 0 unspecified atom stereocenters. The van der Waals surface area contributed by atoms with Crippen molar-refractivity contribution in [3.63, 3.8) is 0 Å². The predicted octanol–water partition coefficient (Wildman–Crippen LogP) is 7.63. The van der Waals surface area contributed by atoms with Crippen LogP contribution in [-0.2, 0) is 30.7 Å². The van der Waals surface area contributed by atoms with Crippen molar-refractivity contribution in [3.05, 3.63) is 115 Å². The molecule has 10 nitrogen and oxygen atoms in total. The Kier molecular flexibility index (Phi) is 13.4. The zero-order chi connectivity index (χ0) is 38.8. The van der Waals surface area contributed by atoms with Gasteiger partial charge < -0.3 is 23.7 Å². The zero-order valence-electron chi connectivity index (χ0n) is 32.0. The number of carbonyl (C=O) groups excluding carboxylic acids is 1. The van der Waals surface area contributed by atoms with E-state index in [-0.39, 0.29) is 17.5 Å². The van der Waals surface area contributed by atoms with Gasteiger partial charge in [-0.3, -0.25) is 14.6 Å². The number of esters is 1. The summed E-state index contributed by atoms with van der Waals surface area (Å²) in [5.74, 6) is 2.52. The van der Waals surface area contributed by atoms with Crippen LogP contribution in [0.4, 0.5) is 0 Å². The van der Waals surface area contributed by atoms with Gasteiger partial charge in [0.05, 0.1) is 18.1 Å². The summed E-state index contributed by atoms with van der Waals surface area (Å²) in [4.78, 5) is 16.1. The van der Waals surface area contributed by atoms with E-state index in [4.69, 9.17) is 23.7 Å². The van der Waals surface area contributed by atoms with Crippen molar-refractivity contribution in [1.82, 2.24) is 9.80 Å². The van der Waals surface area contributed by atoms with Crippen LogP contribution in [0, 0.1) is 0 Å². The third-order valence-corrected chi connectivity index (χ3v) is 10.9. The molecule has 0 amide bonds. The molecular weight excluding hydrogens is 717 g/mol. The van der Waals surface area contributed by atoms with E-state index in [1.165, 1.54) is 13.2 Å². The van der Waals surface area contributed by atoms with Crippen LogP contribution in [0.2, 0.25) is 0 Å². The molecule has 0 radical (unpaired) electrons. The summed E-state index contributed by atoms with van der Waals surface area (Å²) in [7, 11) is -3.33. The summed E-state index contributed by atoms with van der Waals surface area (Å²) in [5, 5.41) is 1.85. The topological polar surface area (TPSA) is 104 Å². The van der Waals surface area contributed by atoms with Crippen molar-refractivity contribution in [2.45, 2.75) is 44.4 Å². The van der Waals surface area contributed by atoms with E-state index in [1.807, 2.05) is 97.1 Å². The highest BCUT2D eigenvalue weighted by atomic mass is 32.2. The molecule has 11 heteroatoms. The lowest BCUT2D eigenvalue weighted by Gasteiger charge is -2.44. The maximum Gasteiger partial charge on any atom is 0.302 e. The first-order chi connectivity index (χ1) is 26.5. The van der Waals surface area contributed by atoms with Gasteiger partial charge >= 0.3 is 5.97 Å². The van der Waals surface area contributed by atoms with Gasteiger partial charge in [-0.2, -0.15) is 0 Å². The monoisotopic (exact) mass is 766 g/mol. The number of sulfone groups is 1. The fraction of sp³-hybridized carbons (Fsp3) is 0.341. The third-order valence-electron chi connectivity index (χ3n) is 9.77. The molecule has 55 heavy (non-hydrogen) atoms. The Balaban J connectivity index is 1.09. The van der Waals surface area contributed by atoms with Crippen LogP contribution in [0.5, 0.6) is 23.0 Å². The Morgan fingerprint density at radius 1 is 0.709 bits per heavy atom. The van der Waals surface area contributed by atoms with Crippen molar-refractivity contribution in [2.75, 3.05) is 58.9 Å². The minimum atomic E-state index is -3.33. The largest absolute Gasteiger partial charge is 0.492 e. The fourth-order valence-corrected chi connectivity index (χ4v) is 7.38. The second-order valence-electron chi connectivity index (χ2n) is 14.0. The van der Waals surface area contributed by atoms with Gasteiger partial charge in [0.15, 0.2) is 9.84 Å². The molecule has 0 N–H and O–H groups in total. The second-order valence-corrected chi connectivity index (χ2v) is 16.0. The first-order valence-electron chi connectivity index (χ1n) is 18.7. The number of carbonyl (C=O) groups is 1. The summed E-state index contributed by atoms with van der Waals surface area (Å²) in [6, 6.07) is 35.3. The molecule has 0 saturated carbocycles. The van der Waals surface area contributed by atoms with Crippen LogP contribution in [0.3, 0.4) is 0 Å². The molecule has 1 aliphatic rings. The standard InChI is InChI=1S/C44H50N2O8S/c1-32-30-46(33(2)29-45(32)22-24-50-26-27-51-34(3)47)23-25-52-38-13-15-39(16-14-38)54-44-42(36-10-18-41(19-11-36)55(4,48)49)20-12-37-28-40(17-21-43(37)44)53-31-35-8-6-5-7-9-35/h5-21,28,32-33H,22-27,29-31H2,1-4H3/t32-,33+/m1/s1. The summed E-state index contributed by atoms with van der Waals surface area (Å²) >= 11 is 0. The zero-order valence-corrected chi connectivity index (χ0v) is 32.8. The summed E-state index contributed by atoms with van der Waals surface area (Å²) in [5.41, 5.74) is 2.76. The molecule has 1 fully saturated rings. The van der Waals surface area contributed by atoms with Crippen molar-refractivity contribution in [3.8, 4) is 34.1 Å². The van der Waals surface area contributed by atoms with Crippen molar-refractivity contribution in [1.29, 1.82) is 0 Å². The van der Waals surface area contributed by atoms with E-state index in [0.717, 1.165) is 65.1 Å². The molecule has 0 spiro atoms. The highest BCUT2D eigenvalue weighted by Gasteiger charge is 2.28. The highest BCUT2D eigenvalue weighted by Crippen LogP contribution is 2.41. The van der Waals surface area contributed by atoms with Crippen molar-refractivity contribution >= 4 is 26.6 Å². The molecule has 5 aromatic rings. The van der Waals surface area contributed by atoms with Crippen LogP contribution >= 0.6 is 0 Å². The number of hydrogen-bond donors (Lipinski definition) is 0. The summed E-state index contributed by atoms with van der Waals surface area (Å²) in [6.45, 7) is 11.7. The van der Waals surface area contributed by atoms with Crippen LogP contribution in [0.25, 0.3) is 21.9 Å². The van der Waals surface area contributed by atoms with Gasteiger partial charge in [0.25, 0.3) is 0 Å². The highest BCUT2D eigenvalue weighted by molar-refractivity contribution is 7.90. The number of rotatable bonds is 17. The van der Waals surface area contributed by atoms with E-state index >= 15 is 0 Å². The molecule has 1 heterocycles. The Hall–Kier alpha value is -4.94. The Morgan fingerprint density at radius 2 is 1.36 bits per heavy atom. The maximum atomic E-state index is 12.2. The van der Waals surface area contributed by atoms with Gasteiger partial charge in [0, 0.05) is 62.4 Å². The Labute approximate surface area is 324 Å². The van der Waals surface area contributed by atoms with Crippen molar-refractivity contribution in [2.24, 2.45) is 0 Å². The van der Waals surface area contributed by atoms with E-state index in [1.54, 1.807) is 12.1 Å². The number of hydrogen-bond acceptors (Lipinski definition) is 10. The van der Waals surface area contributed by atoms with E-state index in [0.29, 0.717) is 50.0 Å². The number of piperazine rings is 1. The fourth-order valence-electron chi connectivity index (χ4n) is 6.75. The van der Waals surface area contributed by atoms with Gasteiger partial charge in [-0.15, -0.1) is 0 Å². The smallest absolute Gasteiger partial charge is 0.302 e. The lowest BCUT2D eigenvalue weighted by molar-refractivity contribution is -0.142. The molecule has 2 atom stereocenters. The van der Waals surface area contributed by atoms with Gasteiger partial charge in [-0.05, 0) is 91.0 Å². The minimum Gasteiger partial charge on any atom is -0.492 e. The SMILES string of the molecule is CC(=O)OCCOCCN1C[C@H](C)N(CCOc2ccc(Oc3c(-c4ccc(S(C)(=O)=O)cc4)ccc4cc(OCc5ccccc5)ccc34)cc2)C[C@H]1C. The first kappa shape index (κ1) is 39.7. The van der Waals surface area contributed by atoms with E-state index in [9.17, 15) is 13.2 Å². The lowest BCUT2D eigenvalue weighted by Crippen LogP contribution is -2.57. The molecule has 6 rings (SSSR count). The Bertz CT molecular complexity index is 2130. The molecule has 0 aliphatic carbocycles. The maximum absolute atomic E-state index is 12.2. The van der Waals surface area contributed by atoms with Crippen molar-refractivity contribution < 1.29 is 36.9 Å². The number of ether oxygens (including phenoxy) is 5. The minimum absolute atomic E-state index is 0.262. The van der Waals surface area contributed by atoms with Gasteiger partial charge in [-0.1, -0.05) is 48.5 Å². The molecule has 1 aliphatic heterocycles. The molecule has 290 valence electrons. The number of fused-ring (bicyclic) bond motifs is 1. The Morgan fingerprint density at radius 3 is 2.04 bits per heavy atom. The average Bonchev–Trinajstić information content (AvgIpc) is 3.17. The first-order valence-corrected chi connectivity index (χ1v) is 20.6. The predicted molar refractivity (Wildman–Crippen MR) is 215 cm³/mol. The van der Waals surface area contributed by atoms with Crippen LogP contribution < -0.4 is 14.2 Å². The van der Waals surface area contributed by atoms with Crippen LogP contribution in [-0.4, -0.2) is 95.1 Å². The average molecular weight is 767 g/mol. The molecule has 0 bridgehead atoms. The number of benzene rings is 5. The molecule has 1 saturated heterocycles. The van der Waals surface area contributed by atoms with Gasteiger partial charge in [-0.25, -0.2) is 8.42 Å². The molecular formula is C44H50N2O8S. The van der Waals surface area contributed by atoms with Gasteiger partial charge in [0.2, 0.25) is 0 Å². The lowest BCUT2D eigenvalue weighted by atomic mass is 9.99. The quantitative estimate of drug-likeness (QED) is 0.0693. The van der Waals surface area contributed by atoms with Crippen LogP contribution in [0.15, 0.2) is 114 Å². The van der Waals surface area contributed by atoms with E-state index < -0.39 is 9.84 Å². The normalized spacial score (nSPS) is 16.5. The summed E-state index contributed by atoms with van der Waals surface area (Å²) in [6.07, 6.45) is 1.21. The van der Waals surface area contributed by atoms with Gasteiger partial charge in [0.1, 0.15) is 42.8 Å². The summed E-state index contributed by atoms with van der Waals surface area (Å²) < 4.78 is 53.8. The number of nitrogens with zero attached hydrogens (tertiary/aromatic N) is 2. The molecule has 0 aromatic heterocycles. The van der Waals surface area contributed by atoms with Crippen LogP contribution in [0.1, 0.15) is 26.3 Å². The molecule has 5 aromatic carbocycles. The van der Waals surface area contributed by atoms with E-state index in [2.05, 4.69) is 23.6 Å². The third kappa shape index (κ3) is 11.1.